The number of aromatic nitrogens is 1. The van der Waals surface area contributed by atoms with Gasteiger partial charge < -0.3 is 4.74 Å². The van der Waals surface area contributed by atoms with Gasteiger partial charge >= 0.3 is 0 Å². The number of benzene rings is 1. The van der Waals surface area contributed by atoms with Crippen molar-refractivity contribution >= 4 is 10.9 Å². The van der Waals surface area contributed by atoms with Crippen LogP contribution in [0.1, 0.15) is 24.5 Å². The van der Waals surface area contributed by atoms with Gasteiger partial charge in [-0.25, -0.2) is 0 Å². The smallest absolute Gasteiger partial charge is 0.0983 e. The number of para-hydroxylation sites is 1. The summed E-state index contributed by atoms with van der Waals surface area (Å²) >= 11 is 0. The molecular weight excluding hydrogens is 284 g/mol. The van der Waals surface area contributed by atoms with Gasteiger partial charge in [-0.15, -0.1) is 6.58 Å². The van der Waals surface area contributed by atoms with Crippen molar-refractivity contribution in [1.82, 2.24) is 9.88 Å². The van der Waals surface area contributed by atoms with E-state index in [2.05, 4.69) is 46.8 Å². The standard InChI is InChI=1S/C20H24N2O/c1-3-14-13-22-11-9-15(14)12-19(22)20(23-2)17-8-10-21-18-7-5-4-6-16(17)18/h3-8,10,14-15,19-20H,1,9,11-13H2,2H3. The maximum absolute atomic E-state index is 6.01. The highest BCUT2D eigenvalue weighted by molar-refractivity contribution is 5.82. The van der Waals surface area contributed by atoms with Gasteiger partial charge in [0.05, 0.1) is 11.6 Å². The molecule has 3 heteroatoms. The Hall–Kier alpha value is -1.71. The van der Waals surface area contributed by atoms with Crippen LogP contribution in [0.2, 0.25) is 0 Å². The summed E-state index contributed by atoms with van der Waals surface area (Å²) in [7, 11) is 1.84. The van der Waals surface area contributed by atoms with Gasteiger partial charge in [0, 0.05) is 31.3 Å². The van der Waals surface area contributed by atoms with Crippen LogP contribution in [0, 0.1) is 11.8 Å². The molecule has 23 heavy (non-hydrogen) atoms. The summed E-state index contributed by atoms with van der Waals surface area (Å²) in [5, 5.41) is 1.21. The molecule has 3 aliphatic rings. The lowest BCUT2D eigenvalue weighted by Gasteiger charge is -2.51. The predicted octanol–water partition coefficient (Wildman–Crippen LogP) is 3.82. The van der Waals surface area contributed by atoms with E-state index in [-0.39, 0.29) is 6.10 Å². The quantitative estimate of drug-likeness (QED) is 0.803. The fraction of sp³-hybridized carbons (Fsp3) is 0.450. The molecule has 5 atom stereocenters. The lowest BCUT2D eigenvalue weighted by atomic mass is 9.73. The molecule has 0 N–H and O–H groups in total. The van der Waals surface area contributed by atoms with Gasteiger partial charge in [0.15, 0.2) is 0 Å². The van der Waals surface area contributed by atoms with Crippen molar-refractivity contribution in [1.29, 1.82) is 0 Å². The number of pyridine rings is 1. The molecule has 5 unspecified atom stereocenters. The Morgan fingerprint density at radius 3 is 2.96 bits per heavy atom. The van der Waals surface area contributed by atoms with Crippen LogP contribution >= 0.6 is 0 Å². The van der Waals surface area contributed by atoms with Crippen LogP contribution in [-0.2, 0) is 4.74 Å². The zero-order valence-electron chi connectivity index (χ0n) is 13.7. The first-order valence-electron chi connectivity index (χ1n) is 8.55. The number of ether oxygens (including phenoxy) is 1. The molecule has 0 spiro atoms. The van der Waals surface area contributed by atoms with Crippen LogP contribution in [0.5, 0.6) is 0 Å². The molecule has 2 bridgehead atoms. The first-order valence-corrected chi connectivity index (χ1v) is 8.55. The van der Waals surface area contributed by atoms with E-state index in [1.807, 2.05) is 19.4 Å². The molecule has 4 heterocycles. The summed E-state index contributed by atoms with van der Waals surface area (Å²) in [5.41, 5.74) is 2.32. The van der Waals surface area contributed by atoms with E-state index in [1.54, 1.807) is 0 Å². The highest BCUT2D eigenvalue weighted by Gasteiger charge is 2.42. The van der Waals surface area contributed by atoms with Crippen molar-refractivity contribution in [2.45, 2.75) is 25.0 Å². The van der Waals surface area contributed by atoms with E-state index < -0.39 is 0 Å². The van der Waals surface area contributed by atoms with E-state index >= 15 is 0 Å². The molecule has 1 aromatic heterocycles. The largest absolute Gasteiger partial charge is 0.375 e. The van der Waals surface area contributed by atoms with Crippen LogP contribution in [0.4, 0.5) is 0 Å². The summed E-state index contributed by atoms with van der Waals surface area (Å²) in [6.45, 7) is 6.34. The van der Waals surface area contributed by atoms with E-state index in [4.69, 9.17) is 4.74 Å². The third-order valence-electron chi connectivity index (χ3n) is 5.75. The van der Waals surface area contributed by atoms with Crippen molar-refractivity contribution in [3.05, 3.63) is 54.7 Å². The van der Waals surface area contributed by atoms with Crippen LogP contribution in [-0.4, -0.2) is 36.1 Å². The third kappa shape index (κ3) is 2.48. The van der Waals surface area contributed by atoms with Gasteiger partial charge in [0.1, 0.15) is 0 Å². The molecule has 2 aromatic rings. The average Bonchev–Trinajstić information content (AvgIpc) is 2.63. The van der Waals surface area contributed by atoms with Crippen molar-refractivity contribution in [2.75, 3.05) is 20.2 Å². The molecule has 0 radical (unpaired) electrons. The minimum Gasteiger partial charge on any atom is -0.375 e. The van der Waals surface area contributed by atoms with E-state index in [9.17, 15) is 0 Å². The Balaban J connectivity index is 1.70. The first-order chi connectivity index (χ1) is 11.3. The summed E-state index contributed by atoms with van der Waals surface area (Å²) in [6, 6.07) is 11.0. The second kappa shape index (κ2) is 6.06. The molecular formula is C20H24N2O. The zero-order chi connectivity index (χ0) is 15.8. The van der Waals surface area contributed by atoms with E-state index in [0.29, 0.717) is 12.0 Å². The second-order valence-corrected chi connectivity index (χ2v) is 6.82. The average molecular weight is 308 g/mol. The predicted molar refractivity (Wildman–Crippen MR) is 93.3 cm³/mol. The fourth-order valence-electron chi connectivity index (χ4n) is 4.55. The Kier molecular flexibility index (Phi) is 3.92. The Morgan fingerprint density at radius 2 is 2.22 bits per heavy atom. The Labute approximate surface area is 138 Å². The van der Waals surface area contributed by atoms with Gasteiger partial charge in [0.2, 0.25) is 0 Å². The van der Waals surface area contributed by atoms with Crippen molar-refractivity contribution in [2.24, 2.45) is 11.8 Å². The summed E-state index contributed by atoms with van der Waals surface area (Å²) in [6.07, 6.45) is 6.66. The first kappa shape index (κ1) is 14.9. The SMILES string of the molecule is C=CC1CN2CCC1CC2C(OC)c1ccnc2ccccc12. The minimum absolute atomic E-state index is 0.108. The van der Waals surface area contributed by atoms with Gasteiger partial charge in [-0.2, -0.15) is 0 Å². The Morgan fingerprint density at radius 1 is 1.35 bits per heavy atom. The van der Waals surface area contributed by atoms with Gasteiger partial charge in [-0.3, -0.25) is 9.88 Å². The molecule has 3 nitrogen and oxygen atoms in total. The monoisotopic (exact) mass is 308 g/mol. The number of hydrogen-bond donors (Lipinski definition) is 0. The van der Waals surface area contributed by atoms with E-state index in [0.717, 1.165) is 18.0 Å². The van der Waals surface area contributed by atoms with Crippen LogP contribution in [0.25, 0.3) is 10.9 Å². The van der Waals surface area contributed by atoms with Crippen molar-refractivity contribution in [3.63, 3.8) is 0 Å². The summed E-state index contributed by atoms with van der Waals surface area (Å²) < 4.78 is 6.01. The second-order valence-electron chi connectivity index (χ2n) is 6.82. The molecule has 0 amide bonds. The number of hydrogen-bond acceptors (Lipinski definition) is 3. The normalized spacial score (nSPS) is 31.2. The molecule has 0 aliphatic carbocycles. The van der Waals surface area contributed by atoms with Crippen molar-refractivity contribution < 1.29 is 4.74 Å². The maximum atomic E-state index is 6.01. The van der Waals surface area contributed by atoms with Crippen molar-refractivity contribution in [3.8, 4) is 0 Å². The van der Waals surface area contributed by atoms with Gasteiger partial charge in [-0.1, -0.05) is 24.3 Å². The molecule has 3 fully saturated rings. The lowest BCUT2D eigenvalue weighted by Crippen LogP contribution is -2.55. The molecule has 3 saturated heterocycles. The number of nitrogens with zero attached hydrogens (tertiary/aromatic N) is 2. The van der Waals surface area contributed by atoms with Crippen LogP contribution < -0.4 is 0 Å². The highest BCUT2D eigenvalue weighted by Crippen LogP contribution is 2.43. The number of rotatable bonds is 4. The number of methoxy groups -OCH3 is 1. The molecule has 1 aromatic carbocycles. The van der Waals surface area contributed by atoms with E-state index in [1.165, 1.54) is 30.3 Å². The molecule has 0 saturated carbocycles. The summed E-state index contributed by atoms with van der Waals surface area (Å²) in [4.78, 5) is 7.10. The van der Waals surface area contributed by atoms with Gasteiger partial charge in [-0.05, 0) is 48.9 Å². The molecule has 3 aliphatic heterocycles. The Bertz CT molecular complexity index is 708. The third-order valence-corrected chi connectivity index (χ3v) is 5.75. The lowest BCUT2D eigenvalue weighted by molar-refractivity contribution is -0.0601. The number of fused-ring (bicyclic) bond motifs is 4. The fourth-order valence-corrected chi connectivity index (χ4v) is 4.55. The summed E-state index contributed by atoms with van der Waals surface area (Å²) in [5.74, 6) is 1.40. The van der Waals surface area contributed by atoms with Crippen LogP contribution in [0.15, 0.2) is 49.2 Å². The maximum Gasteiger partial charge on any atom is 0.0983 e. The molecule has 5 rings (SSSR count). The number of piperidine rings is 3. The molecule has 120 valence electrons. The topological polar surface area (TPSA) is 25.4 Å². The minimum atomic E-state index is 0.108. The van der Waals surface area contributed by atoms with Gasteiger partial charge in [0.25, 0.3) is 0 Å². The highest BCUT2D eigenvalue weighted by atomic mass is 16.5. The zero-order valence-corrected chi connectivity index (χ0v) is 13.7. The van der Waals surface area contributed by atoms with Crippen LogP contribution in [0.3, 0.4) is 0 Å².